The number of nitrogens with zero attached hydrogens (tertiary/aromatic N) is 2. The number of nitrogens with one attached hydrogen (secondary N) is 1. The normalized spacial score (nSPS) is 13.4. The molecule has 1 amide bonds. The summed E-state index contributed by atoms with van der Waals surface area (Å²) in [7, 11) is 0. The van der Waals surface area contributed by atoms with Gasteiger partial charge in [0.2, 0.25) is 0 Å². The van der Waals surface area contributed by atoms with Crippen LogP contribution < -0.4 is 5.32 Å². The molecule has 21 heavy (non-hydrogen) atoms. The molecule has 0 saturated heterocycles. The van der Waals surface area contributed by atoms with Crippen LogP contribution in [0.3, 0.4) is 0 Å². The third kappa shape index (κ3) is 3.05. The van der Waals surface area contributed by atoms with Crippen LogP contribution in [0, 0.1) is 5.41 Å². The van der Waals surface area contributed by atoms with Gasteiger partial charge in [0.15, 0.2) is 0 Å². The van der Waals surface area contributed by atoms with Crippen molar-refractivity contribution >= 4 is 33.1 Å². The Morgan fingerprint density at radius 3 is 2.67 bits per heavy atom. The molecule has 1 atom stereocenters. The lowest BCUT2D eigenvalue weighted by atomic mass is 9.86. The molecular formula is C15H20BrN3O2. The number of imidazole rings is 1. The molecule has 0 bridgehead atoms. The molecule has 0 aliphatic carbocycles. The lowest BCUT2D eigenvalue weighted by Gasteiger charge is -2.30. The summed E-state index contributed by atoms with van der Waals surface area (Å²) in [6.45, 7) is 8.76. The second-order valence-electron chi connectivity index (χ2n) is 6.07. The number of carbonyl (C=O) groups is 1. The van der Waals surface area contributed by atoms with Gasteiger partial charge in [0.05, 0.1) is 17.1 Å². The number of para-hydroxylation sites is 1. The van der Waals surface area contributed by atoms with Crippen molar-refractivity contribution in [1.82, 2.24) is 14.9 Å². The quantitative estimate of drug-likeness (QED) is 0.869. The monoisotopic (exact) mass is 353 g/mol. The number of carboxylic acid groups (broad SMARTS) is 1. The average molecular weight is 354 g/mol. The lowest BCUT2D eigenvalue weighted by molar-refractivity contribution is 0.172. The zero-order chi connectivity index (χ0) is 15.8. The van der Waals surface area contributed by atoms with Crippen molar-refractivity contribution in [2.24, 2.45) is 5.41 Å². The fraction of sp³-hybridized carbons (Fsp3) is 0.467. The molecule has 0 radical (unpaired) electrons. The number of amides is 1. The van der Waals surface area contributed by atoms with Crippen LogP contribution in [-0.2, 0) is 6.54 Å². The van der Waals surface area contributed by atoms with E-state index in [2.05, 4.69) is 30.8 Å². The highest BCUT2D eigenvalue weighted by molar-refractivity contribution is 9.10. The topological polar surface area (TPSA) is 67.2 Å². The van der Waals surface area contributed by atoms with Gasteiger partial charge in [-0.1, -0.05) is 26.8 Å². The molecule has 114 valence electrons. The zero-order valence-corrected chi connectivity index (χ0v) is 14.2. The minimum absolute atomic E-state index is 0.279. The first-order valence-corrected chi connectivity index (χ1v) is 7.69. The number of halogens is 1. The molecule has 2 N–H and O–H groups in total. The van der Waals surface area contributed by atoms with E-state index in [0.717, 1.165) is 27.9 Å². The predicted octanol–water partition coefficient (Wildman–Crippen LogP) is 4.17. The Kier molecular flexibility index (Phi) is 4.27. The van der Waals surface area contributed by atoms with Gasteiger partial charge in [-0.3, -0.25) is 0 Å². The third-order valence-corrected chi connectivity index (χ3v) is 4.10. The summed E-state index contributed by atoms with van der Waals surface area (Å²) in [6.07, 6.45) is -1.04. The Morgan fingerprint density at radius 1 is 1.48 bits per heavy atom. The molecule has 1 aromatic heterocycles. The van der Waals surface area contributed by atoms with Crippen LogP contribution in [0.25, 0.3) is 11.0 Å². The van der Waals surface area contributed by atoms with Crippen LogP contribution in [0.1, 0.15) is 39.6 Å². The van der Waals surface area contributed by atoms with Gasteiger partial charge in [0.25, 0.3) is 0 Å². The van der Waals surface area contributed by atoms with Gasteiger partial charge in [0.1, 0.15) is 5.82 Å². The van der Waals surface area contributed by atoms with Crippen molar-refractivity contribution in [3.63, 3.8) is 0 Å². The fourth-order valence-corrected chi connectivity index (χ4v) is 3.06. The van der Waals surface area contributed by atoms with E-state index in [9.17, 15) is 4.79 Å². The SMILES string of the molecule is CCn1c(C(NC(=O)O)C(C)(C)C)nc2cccc(Br)c21. The van der Waals surface area contributed by atoms with Crippen LogP contribution >= 0.6 is 15.9 Å². The molecule has 1 unspecified atom stereocenters. The molecule has 2 rings (SSSR count). The van der Waals surface area contributed by atoms with Crippen molar-refractivity contribution < 1.29 is 9.90 Å². The second kappa shape index (κ2) is 5.67. The largest absolute Gasteiger partial charge is 0.465 e. The van der Waals surface area contributed by atoms with Crippen molar-refractivity contribution in [3.05, 3.63) is 28.5 Å². The van der Waals surface area contributed by atoms with Gasteiger partial charge in [-0.25, -0.2) is 9.78 Å². The first-order chi connectivity index (χ1) is 9.75. The summed E-state index contributed by atoms with van der Waals surface area (Å²) < 4.78 is 3.02. The molecule has 6 heteroatoms. The van der Waals surface area contributed by atoms with E-state index in [0.29, 0.717) is 0 Å². The summed E-state index contributed by atoms with van der Waals surface area (Å²) >= 11 is 3.55. The first kappa shape index (κ1) is 15.8. The fourth-order valence-electron chi connectivity index (χ4n) is 2.49. The standard InChI is InChI=1S/C15H20BrN3O2/c1-5-19-11-9(16)7-6-8-10(11)17-13(19)12(15(2,3)4)18-14(20)21/h6-8,12,18H,5H2,1-4H3,(H,20,21). The molecule has 1 aromatic carbocycles. The third-order valence-electron chi connectivity index (χ3n) is 3.46. The van der Waals surface area contributed by atoms with Gasteiger partial charge in [0, 0.05) is 11.0 Å². The van der Waals surface area contributed by atoms with Crippen molar-refractivity contribution in [3.8, 4) is 0 Å². The maximum Gasteiger partial charge on any atom is 0.405 e. The number of aryl methyl sites for hydroxylation is 1. The molecule has 2 aromatic rings. The number of rotatable bonds is 3. The summed E-state index contributed by atoms with van der Waals surface area (Å²) in [4.78, 5) is 15.8. The van der Waals surface area contributed by atoms with E-state index < -0.39 is 6.09 Å². The van der Waals surface area contributed by atoms with Crippen LogP contribution in [0.4, 0.5) is 4.79 Å². The van der Waals surface area contributed by atoms with E-state index in [4.69, 9.17) is 5.11 Å². The van der Waals surface area contributed by atoms with E-state index >= 15 is 0 Å². The van der Waals surface area contributed by atoms with Crippen LogP contribution in [-0.4, -0.2) is 20.8 Å². The molecule has 5 nitrogen and oxygen atoms in total. The van der Waals surface area contributed by atoms with Gasteiger partial charge < -0.3 is 15.0 Å². The molecule has 0 spiro atoms. The summed E-state index contributed by atoms with van der Waals surface area (Å²) in [5.41, 5.74) is 1.58. The molecule has 1 heterocycles. The molecule has 0 aliphatic rings. The van der Waals surface area contributed by atoms with Gasteiger partial charge in [-0.2, -0.15) is 0 Å². The zero-order valence-electron chi connectivity index (χ0n) is 12.6. The smallest absolute Gasteiger partial charge is 0.405 e. The first-order valence-electron chi connectivity index (χ1n) is 6.89. The number of aromatic nitrogens is 2. The maximum absolute atomic E-state index is 11.2. The number of benzene rings is 1. The van der Waals surface area contributed by atoms with Crippen LogP contribution in [0.15, 0.2) is 22.7 Å². The highest BCUT2D eigenvalue weighted by atomic mass is 79.9. The van der Waals surface area contributed by atoms with Gasteiger partial charge in [-0.05, 0) is 40.4 Å². The summed E-state index contributed by atoms with van der Waals surface area (Å²) in [6, 6.07) is 5.46. The van der Waals surface area contributed by atoms with Crippen LogP contribution in [0.2, 0.25) is 0 Å². The maximum atomic E-state index is 11.2. The van der Waals surface area contributed by atoms with E-state index in [1.807, 2.05) is 45.9 Å². The van der Waals surface area contributed by atoms with Gasteiger partial charge in [-0.15, -0.1) is 0 Å². The van der Waals surface area contributed by atoms with E-state index in [-0.39, 0.29) is 11.5 Å². The lowest BCUT2D eigenvalue weighted by Crippen LogP contribution is -2.37. The number of fused-ring (bicyclic) bond motifs is 1. The summed E-state index contributed by atoms with van der Waals surface area (Å²) in [5.74, 6) is 0.745. The van der Waals surface area contributed by atoms with Gasteiger partial charge >= 0.3 is 6.09 Å². The van der Waals surface area contributed by atoms with Crippen molar-refractivity contribution in [2.45, 2.75) is 40.3 Å². The van der Waals surface area contributed by atoms with E-state index in [1.54, 1.807) is 0 Å². The molecule has 0 saturated carbocycles. The van der Waals surface area contributed by atoms with E-state index in [1.165, 1.54) is 0 Å². The highest BCUT2D eigenvalue weighted by Gasteiger charge is 2.32. The number of hydrogen-bond acceptors (Lipinski definition) is 2. The Bertz CT molecular complexity index is 673. The molecular weight excluding hydrogens is 334 g/mol. The predicted molar refractivity (Wildman–Crippen MR) is 86.5 cm³/mol. The molecule has 0 fully saturated rings. The summed E-state index contributed by atoms with van der Waals surface area (Å²) in [5, 5.41) is 11.8. The Hall–Kier alpha value is -1.56. The Balaban J connectivity index is 2.68. The molecule has 0 aliphatic heterocycles. The second-order valence-corrected chi connectivity index (χ2v) is 6.92. The number of hydrogen-bond donors (Lipinski definition) is 2. The minimum atomic E-state index is -1.04. The van der Waals surface area contributed by atoms with Crippen molar-refractivity contribution in [2.75, 3.05) is 0 Å². The van der Waals surface area contributed by atoms with Crippen molar-refractivity contribution in [1.29, 1.82) is 0 Å². The highest BCUT2D eigenvalue weighted by Crippen LogP contribution is 2.35. The Labute approximate surface area is 132 Å². The average Bonchev–Trinajstić information content (AvgIpc) is 2.73. The Morgan fingerprint density at radius 2 is 2.14 bits per heavy atom. The van der Waals surface area contributed by atoms with Crippen LogP contribution in [0.5, 0.6) is 0 Å². The minimum Gasteiger partial charge on any atom is -0.465 e.